The standard InChI is InChI=1S/C18H32N2/c1-11(2)9-13(5)17-15(19)7-8-16(20)18(17)14(6)10-12(3)4/h7-8,11-14H,9-10,19-20H2,1-6H3. The Labute approximate surface area is 124 Å². The molecule has 0 saturated heterocycles. The van der Waals surface area contributed by atoms with E-state index in [-0.39, 0.29) is 0 Å². The molecule has 2 unspecified atom stereocenters. The van der Waals surface area contributed by atoms with E-state index in [0.717, 1.165) is 24.2 Å². The lowest BCUT2D eigenvalue weighted by Crippen LogP contribution is -2.12. The summed E-state index contributed by atoms with van der Waals surface area (Å²) in [4.78, 5) is 0. The molecule has 1 aromatic carbocycles. The molecule has 0 spiro atoms. The molecule has 0 aliphatic rings. The van der Waals surface area contributed by atoms with Crippen LogP contribution >= 0.6 is 0 Å². The molecule has 0 aliphatic carbocycles. The first-order valence-corrected chi connectivity index (χ1v) is 7.91. The largest absolute Gasteiger partial charge is 0.398 e. The summed E-state index contributed by atoms with van der Waals surface area (Å²) in [6.45, 7) is 13.6. The van der Waals surface area contributed by atoms with Crippen LogP contribution in [0, 0.1) is 11.8 Å². The molecule has 0 aromatic heterocycles. The van der Waals surface area contributed by atoms with E-state index in [2.05, 4.69) is 41.5 Å². The van der Waals surface area contributed by atoms with Crippen LogP contribution in [0.25, 0.3) is 0 Å². The van der Waals surface area contributed by atoms with Gasteiger partial charge in [-0.3, -0.25) is 0 Å². The van der Waals surface area contributed by atoms with Gasteiger partial charge in [-0.15, -0.1) is 0 Å². The van der Waals surface area contributed by atoms with Crippen molar-refractivity contribution >= 4 is 11.4 Å². The van der Waals surface area contributed by atoms with Gasteiger partial charge in [0.1, 0.15) is 0 Å². The Morgan fingerprint density at radius 2 is 1.00 bits per heavy atom. The van der Waals surface area contributed by atoms with Gasteiger partial charge in [-0.2, -0.15) is 0 Å². The Morgan fingerprint density at radius 3 is 1.25 bits per heavy atom. The summed E-state index contributed by atoms with van der Waals surface area (Å²) in [5.74, 6) is 2.25. The van der Waals surface area contributed by atoms with Gasteiger partial charge in [0, 0.05) is 11.4 Å². The van der Waals surface area contributed by atoms with E-state index in [1.54, 1.807) is 0 Å². The van der Waals surface area contributed by atoms with Crippen LogP contribution in [0.4, 0.5) is 11.4 Å². The number of anilines is 2. The fourth-order valence-corrected chi connectivity index (χ4v) is 3.42. The summed E-state index contributed by atoms with van der Waals surface area (Å²) in [5, 5.41) is 0. The van der Waals surface area contributed by atoms with Gasteiger partial charge in [0.25, 0.3) is 0 Å². The molecule has 2 heteroatoms. The molecule has 2 nitrogen and oxygen atoms in total. The second kappa shape index (κ2) is 7.01. The van der Waals surface area contributed by atoms with Gasteiger partial charge >= 0.3 is 0 Å². The summed E-state index contributed by atoms with van der Waals surface area (Å²) in [6, 6.07) is 3.93. The van der Waals surface area contributed by atoms with E-state index >= 15 is 0 Å². The van der Waals surface area contributed by atoms with Crippen molar-refractivity contribution in [2.24, 2.45) is 11.8 Å². The highest BCUT2D eigenvalue weighted by Crippen LogP contribution is 2.39. The highest BCUT2D eigenvalue weighted by atomic mass is 14.6. The summed E-state index contributed by atoms with van der Waals surface area (Å²) in [5.41, 5.74) is 16.9. The first kappa shape index (κ1) is 16.9. The molecule has 0 aliphatic heterocycles. The fraction of sp³-hybridized carbons (Fsp3) is 0.667. The second-order valence-corrected chi connectivity index (χ2v) is 7.13. The minimum absolute atomic E-state index is 0.461. The van der Waals surface area contributed by atoms with Crippen LogP contribution in [0.2, 0.25) is 0 Å². The van der Waals surface area contributed by atoms with Gasteiger partial charge in [-0.25, -0.2) is 0 Å². The predicted molar refractivity (Wildman–Crippen MR) is 91.0 cm³/mol. The lowest BCUT2D eigenvalue weighted by molar-refractivity contribution is 0.501. The average molecular weight is 276 g/mol. The first-order chi connectivity index (χ1) is 9.23. The van der Waals surface area contributed by atoms with Crippen molar-refractivity contribution in [3.8, 4) is 0 Å². The maximum atomic E-state index is 6.28. The summed E-state index contributed by atoms with van der Waals surface area (Å²) in [6.07, 6.45) is 2.30. The van der Waals surface area contributed by atoms with Gasteiger partial charge in [0.15, 0.2) is 0 Å². The lowest BCUT2D eigenvalue weighted by Gasteiger charge is -2.26. The molecule has 0 bridgehead atoms. The molecule has 0 radical (unpaired) electrons. The summed E-state index contributed by atoms with van der Waals surface area (Å²) < 4.78 is 0. The Bertz CT molecular complexity index is 394. The third-order valence-corrected chi connectivity index (χ3v) is 3.99. The number of rotatable bonds is 6. The minimum atomic E-state index is 0.461. The van der Waals surface area contributed by atoms with E-state index in [9.17, 15) is 0 Å². The Hall–Kier alpha value is -1.18. The fourth-order valence-electron chi connectivity index (χ4n) is 3.42. The molecule has 0 saturated carbocycles. The smallest absolute Gasteiger partial charge is 0.0353 e. The Morgan fingerprint density at radius 1 is 0.700 bits per heavy atom. The topological polar surface area (TPSA) is 52.0 Å². The Kier molecular flexibility index (Phi) is 5.91. The highest BCUT2D eigenvalue weighted by molar-refractivity contribution is 5.64. The van der Waals surface area contributed by atoms with Crippen molar-refractivity contribution in [1.29, 1.82) is 0 Å². The van der Waals surface area contributed by atoms with E-state index < -0.39 is 0 Å². The number of hydrogen-bond donors (Lipinski definition) is 2. The molecule has 0 heterocycles. The van der Waals surface area contributed by atoms with Crippen molar-refractivity contribution in [3.63, 3.8) is 0 Å². The van der Waals surface area contributed by atoms with Crippen LogP contribution in [0.3, 0.4) is 0 Å². The highest BCUT2D eigenvalue weighted by Gasteiger charge is 2.21. The number of hydrogen-bond acceptors (Lipinski definition) is 2. The molecule has 2 atom stereocenters. The average Bonchev–Trinajstić information content (AvgIpc) is 2.29. The van der Waals surface area contributed by atoms with Crippen molar-refractivity contribution < 1.29 is 0 Å². The molecule has 0 amide bonds. The SMILES string of the molecule is CC(C)CC(C)c1c(N)ccc(N)c1C(C)CC(C)C. The van der Waals surface area contributed by atoms with Crippen LogP contribution < -0.4 is 11.5 Å². The molecule has 20 heavy (non-hydrogen) atoms. The maximum absolute atomic E-state index is 6.28. The van der Waals surface area contributed by atoms with Gasteiger partial charge < -0.3 is 11.5 Å². The quantitative estimate of drug-likeness (QED) is 0.706. The van der Waals surface area contributed by atoms with E-state index in [1.165, 1.54) is 11.1 Å². The van der Waals surface area contributed by atoms with Crippen LogP contribution in [0.5, 0.6) is 0 Å². The number of nitrogens with two attached hydrogens (primary N) is 2. The van der Waals surface area contributed by atoms with Gasteiger partial charge in [-0.05, 0) is 59.8 Å². The normalized spacial score (nSPS) is 14.8. The predicted octanol–water partition coefficient (Wildman–Crippen LogP) is 5.15. The van der Waals surface area contributed by atoms with Gasteiger partial charge in [-0.1, -0.05) is 41.5 Å². The Balaban J connectivity index is 3.23. The number of benzene rings is 1. The summed E-state index contributed by atoms with van der Waals surface area (Å²) >= 11 is 0. The first-order valence-electron chi connectivity index (χ1n) is 7.91. The summed E-state index contributed by atoms with van der Waals surface area (Å²) in [7, 11) is 0. The molecule has 4 N–H and O–H groups in total. The zero-order valence-electron chi connectivity index (χ0n) is 14.0. The zero-order valence-corrected chi connectivity index (χ0v) is 14.0. The number of nitrogen functional groups attached to an aromatic ring is 2. The zero-order chi connectivity index (χ0) is 15.4. The monoisotopic (exact) mass is 276 g/mol. The van der Waals surface area contributed by atoms with Crippen LogP contribution in [0.15, 0.2) is 12.1 Å². The van der Waals surface area contributed by atoms with Crippen LogP contribution in [0.1, 0.15) is 77.3 Å². The van der Waals surface area contributed by atoms with Crippen molar-refractivity contribution in [3.05, 3.63) is 23.3 Å². The second-order valence-electron chi connectivity index (χ2n) is 7.13. The molecule has 1 rings (SSSR count). The molecule has 0 fully saturated rings. The third-order valence-electron chi connectivity index (χ3n) is 3.99. The van der Waals surface area contributed by atoms with E-state index in [4.69, 9.17) is 11.5 Å². The maximum Gasteiger partial charge on any atom is 0.0353 e. The van der Waals surface area contributed by atoms with Crippen LogP contribution in [-0.2, 0) is 0 Å². The van der Waals surface area contributed by atoms with Gasteiger partial charge in [0.2, 0.25) is 0 Å². The third kappa shape index (κ3) is 4.16. The van der Waals surface area contributed by atoms with Gasteiger partial charge in [0.05, 0.1) is 0 Å². The molecular weight excluding hydrogens is 244 g/mol. The van der Waals surface area contributed by atoms with Crippen LogP contribution in [-0.4, -0.2) is 0 Å². The van der Waals surface area contributed by atoms with E-state index in [1.807, 2.05) is 12.1 Å². The van der Waals surface area contributed by atoms with Crippen molar-refractivity contribution in [1.82, 2.24) is 0 Å². The van der Waals surface area contributed by atoms with Crippen molar-refractivity contribution in [2.75, 3.05) is 11.5 Å². The lowest BCUT2D eigenvalue weighted by atomic mass is 9.80. The van der Waals surface area contributed by atoms with E-state index in [0.29, 0.717) is 23.7 Å². The molecule has 114 valence electrons. The van der Waals surface area contributed by atoms with Crippen molar-refractivity contribution in [2.45, 2.75) is 66.2 Å². The minimum Gasteiger partial charge on any atom is -0.398 e. The molecular formula is C18H32N2. The molecule has 1 aromatic rings.